The Morgan fingerprint density at radius 2 is 1.75 bits per heavy atom. The van der Waals surface area contributed by atoms with Gasteiger partial charge >= 0.3 is 0 Å². The highest BCUT2D eigenvalue weighted by molar-refractivity contribution is 5.90. The van der Waals surface area contributed by atoms with Crippen molar-refractivity contribution in [3.8, 4) is 0 Å². The molecule has 0 aliphatic carbocycles. The van der Waals surface area contributed by atoms with Crippen molar-refractivity contribution in [1.82, 2.24) is 9.13 Å². The monoisotopic (exact) mass is 264 g/mol. The molecule has 0 bridgehead atoms. The average Bonchev–Trinajstić information content (AvgIpc) is 2.82. The molecule has 1 aromatic carbocycles. The van der Waals surface area contributed by atoms with E-state index in [1.54, 1.807) is 17.6 Å². The first-order valence-electron chi connectivity index (χ1n) is 6.52. The second-order valence-electron chi connectivity index (χ2n) is 4.84. The molecule has 0 saturated heterocycles. The quantitative estimate of drug-likeness (QED) is 0.528. The second-order valence-corrected chi connectivity index (χ2v) is 4.84. The lowest BCUT2D eigenvalue weighted by atomic mass is 10.2. The van der Waals surface area contributed by atoms with Crippen molar-refractivity contribution >= 4 is 16.9 Å². The zero-order valence-corrected chi connectivity index (χ0v) is 11.3. The summed E-state index contributed by atoms with van der Waals surface area (Å²) in [5.41, 5.74) is 3.51. The van der Waals surface area contributed by atoms with E-state index in [0.29, 0.717) is 11.3 Å². The molecule has 0 radical (unpaired) electrons. The van der Waals surface area contributed by atoms with E-state index >= 15 is 0 Å². The number of rotatable bonds is 2. The van der Waals surface area contributed by atoms with Gasteiger partial charge in [-0.15, -0.1) is 0 Å². The van der Waals surface area contributed by atoms with Crippen LogP contribution >= 0.6 is 0 Å². The molecule has 20 heavy (non-hydrogen) atoms. The van der Waals surface area contributed by atoms with Gasteiger partial charge in [-0.3, -0.25) is 15.4 Å². The lowest BCUT2D eigenvalue weighted by Crippen LogP contribution is -2.24. The molecule has 0 unspecified atom stereocenters. The first-order valence-corrected chi connectivity index (χ1v) is 6.52. The van der Waals surface area contributed by atoms with Crippen LogP contribution in [-0.2, 0) is 6.54 Å². The van der Waals surface area contributed by atoms with Crippen LogP contribution in [0.15, 0.2) is 54.7 Å². The molecule has 2 heterocycles. The fourth-order valence-electron chi connectivity index (χ4n) is 2.49. The van der Waals surface area contributed by atoms with Crippen LogP contribution in [0.4, 0.5) is 0 Å². The summed E-state index contributed by atoms with van der Waals surface area (Å²) in [4.78, 5) is 0. The number of nitrogens with zero attached hydrogens (tertiary/aromatic N) is 2. The van der Waals surface area contributed by atoms with Crippen molar-refractivity contribution in [2.75, 3.05) is 0 Å². The fourth-order valence-corrected chi connectivity index (χ4v) is 2.49. The minimum atomic E-state index is 0.336. The van der Waals surface area contributed by atoms with E-state index in [0.717, 1.165) is 17.6 Å². The fraction of sp³-hybridized carbons (Fsp3) is 0.125. The van der Waals surface area contributed by atoms with Gasteiger partial charge in [-0.05, 0) is 30.7 Å². The number of hydrogen-bond acceptors (Lipinski definition) is 2. The molecular formula is C16H16N4. The van der Waals surface area contributed by atoms with Gasteiger partial charge in [-0.25, -0.2) is 0 Å². The van der Waals surface area contributed by atoms with Crippen molar-refractivity contribution in [1.29, 1.82) is 10.8 Å². The summed E-state index contributed by atoms with van der Waals surface area (Å²) in [6.07, 6.45) is 2.01. The Labute approximate surface area is 116 Å². The van der Waals surface area contributed by atoms with Crippen LogP contribution in [0.2, 0.25) is 0 Å². The Bertz CT molecular complexity index is 825. The van der Waals surface area contributed by atoms with Crippen LogP contribution in [0.25, 0.3) is 11.0 Å². The standard InChI is InChI=1S/C16H16N4/c1-12(17)20-15-9-10-19(14(15)7-8-16(20)18)11-13-5-3-2-4-6-13/h2-10,17-18H,11H2,1H3. The molecule has 100 valence electrons. The maximum absolute atomic E-state index is 7.93. The van der Waals surface area contributed by atoms with E-state index in [4.69, 9.17) is 10.8 Å². The number of pyridine rings is 1. The third-order valence-corrected chi connectivity index (χ3v) is 3.40. The van der Waals surface area contributed by atoms with Gasteiger partial charge in [-0.1, -0.05) is 30.3 Å². The summed E-state index contributed by atoms with van der Waals surface area (Å²) in [5.74, 6) is 0.359. The molecule has 0 spiro atoms. The normalized spacial score (nSPS) is 10.8. The van der Waals surface area contributed by atoms with E-state index in [1.165, 1.54) is 5.56 Å². The summed E-state index contributed by atoms with van der Waals surface area (Å²) in [6, 6.07) is 15.9. The number of aromatic nitrogens is 2. The van der Waals surface area contributed by atoms with Gasteiger partial charge in [-0.2, -0.15) is 0 Å². The number of nitrogens with one attached hydrogen (secondary N) is 2. The Kier molecular flexibility index (Phi) is 2.99. The third kappa shape index (κ3) is 2.05. The minimum absolute atomic E-state index is 0.336. The molecule has 2 N–H and O–H groups in total. The molecule has 3 aromatic rings. The minimum Gasteiger partial charge on any atom is -0.342 e. The first-order chi connectivity index (χ1) is 9.66. The van der Waals surface area contributed by atoms with Crippen LogP contribution in [0.1, 0.15) is 12.5 Å². The molecule has 0 fully saturated rings. The van der Waals surface area contributed by atoms with Crippen LogP contribution in [0.3, 0.4) is 0 Å². The van der Waals surface area contributed by atoms with Gasteiger partial charge in [0, 0.05) is 12.7 Å². The van der Waals surface area contributed by atoms with E-state index in [9.17, 15) is 0 Å². The van der Waals surface area contributed by atoms with Gasteiger partial charge in [0.2, 0.25) is 0 Å². The average molecular weight is 264 g/mol. The lowest BCUT2D eigenvalue weighted by molar-refractivity contribution is 0.835. The van der Waals surface area contributed by atoms with Gasteiger partial charge in [0.05, 0.1) is 11.0 Å². The van der Waals surface area contributed by atoms with Crippen LogP contribution in [0.5, 0.6) is 0 Å². The number of benzene rings is 1. The molecule has 0 amide bonds. The Morgan fingerprint density at radius 3 is 2.45 bits per heavy atom. The molecule has 0 aliphatic rings. The van der Waals surface area contributed by atoms with Gasteiger partial charge in [0.25, 0.3) is 0 Å². The summed E-state index contributed by atoms with van der Waals surface area (Å²) >= 11 is 0. The summed E-state index contributed by atoms with van der Waals surface area (Å²) in [7, 11) is 0. The van der Waals surface area contributed by atoms with Crippen LogP contribution in [0, 0.1) is 10.8 Å². The molecule has 0 aliphatic heterocycles. The zero-order valence-electron chi connectivity index (χ0n) is 11.3. The molecule has 0 saturated carbocycles. The smallest absolute Gasteiger partial charge is 0.130 e. The van der Waals surface area contributed by atoms with Crippen molar-refractivity contribution in [3.05, 3.63) is 65.8 Å². The highest BCUT2D eigenvalue weighted by Crippen LogP contribution is 2.15. The topological polar surface area (TPSA) is 57.6 Å². The van der Waals surface area contributed by atoms with E-state index in [1.807, 2.05) is 36.5 Å². The van der Waals surface area contributed by atoms with Crippen molar-refractivity contribution in [2.24, 2.45) is 0 Å². The predicted octanol–water partition coefficient (Wildman–Crippen LogP) is 2.82. The molecule has 2 aromatic heterocycles. The SMILES string of the molecule is CC(=N)n1c(=N)ccc2c1ccn2Cc1ccccc1. The molecule has 0 atom stereocenters. The largest absolute Gasteiger partial charge is 0.342 e. The van der Waals surface area contributed by atoms with E-state index in [-0.39, 0.29) is 0 Å². The van der Waals surface area contributed by atoms with Crippen LogP contribution < -0.4 is 5.49 Å². The van der Waals surface area contributed by atoms with E-state index < -0.39 is 0 Å². The van der Waals surface area contributed by atoms with Gasteiger partial charge in [0.15, 0.2) is 0 Å². The highest BCUT2D eigenvalue weighted by Gasteiger charge is 2.07. The van der Waals surface area contributed by atoms with Gasteiger partial charge in [0.1, 0.15) is 11.3 Å². The predicted molar refractivity (Wildman–Crippen MR) is 80.1 cm³/mol. The van der Waals surface area contributed by atoms with Crippen molar-refractivity contribution in [2.45, 2.75) is 13.5 Å². The molecule has 3 rings (SSSR count). The summed E-state index contributed by atoms with van der Waals surface area (Å²) in [6.45, 7) is 2.49. The van der Waals surface area contributed by atoms with Gasteiger partial charge < -0.3 is 4.57 Å². The first kappa shape index (κ1) is 12.4. The highest BCUT2D eigenvalue weighted by atomic mass is 15.1. The number of fused-ring (bicyclic) bond motifs is 1. The lowest BCUT2D eigenvalue weighted by Gasteiger charge is -2.09. The number of hydrogen-bond donors (Lipinski definition) is 2. The maximum Gasteiger partial charge on any atom is 0.130 e. The van der Waals surface area contributed by atoms with Crippen LogP contribution in [-0.4, -0.2) is 15.0 Å². The van der Waals surface area contributed by atoms with Crippen molar-refractivity contribution < 1.29 is 0 Å². The van der Waals surface area contributed by atoms with Crippen molar-refractivity contribution in [3.63, 3.8) is 0 Å². The maximum atomic E-state index is 7.93. The van der Waals surface area contributed by atoms with E-state index in [2.05, 4.69) is 16.7 Å². The molecule has 4 nitrogen and oxygen atoms in total. The molecular weight excluding hydrogens is 248 g/mol. The Morgan fingerprint density at radius 1 is 1.00 bits per heavy atom. The Hall–Kier alpha value is -2.62. The third-order valence-electron chi connectivity index (χ3n) is 3.40. The zero-order chi connectivity index (χ0) is 14.1. The Balaban J connectivity index is 2.13. The second kappa shape index (κ2) is 4.81. The summed E-state index contributed by atoms with van der Waals surface area (Å²) < 4.78 is 3.79. The summed E-state index contributed by atoms with van der Waals surface area (Å²) in [5, 5.41) is 15.7. The molecule has 4 heteroatoms.